The smallest absolute Gasteiger partial charge is 0.328 e. The van der Waals surface area contributed by atoms with Crippen LogP contribution in [-0.2, 0) is 36.8 Å². The van der Waals surface area contributed by atoms with Gasteiger partial charge in [0.25, 0.3) is 0 Å². The highest BCUT2D eigenvalue weighted by atomic mass is 16.6. The molecule has 9 nitrogen and oxygen atoms in total. The van der Waals surface area contributed by atoms with Crippen molar-refractivity contribution in [2.24, 2.45) is 5.73 Å². The van der Waals surface area contributed by atoms with E-state index in [2.05, 4.69) is 5.32 Å². The van der Waals surface area contributed by atoms with Gasteiger partial charge in [-0.2, -0.15) is 0 Å². The molecule has 0 bridgehead atoms. The molecule has 2 atom stereocenters. The number of amides is 1. The molecule has 1 amide bonds. The van der Waals surface area contributed by atoms with Gasteiger partial charge in [0.2, 0.25) is 5.91 Å². The number of hydrogen-bond acceptors (Lipinski definition) is 8. The molecule has 0 spiro atoms. The van der Waals surface area contributed by atoms with Crippen LogP contribution in [0.4, 0.5) is 0 Å². The average Bonchev–Trinajstić information content (AvgIpc) is 2.75. The van der Waals surface area contributed by atoms with Crippen LogP contribution < -0.4 is 20.5 Å². The number of ether oxygens (including phenoxy) is 3. The van der Waals surface area contributed by atoms with Crippen LogP contribution in [0.2, 0.25) is 0 Å². The van der Waals surface area contributed by atoms with Crippen LogP contribution in [-0.4, -0.2) is 42.5 Å². The lowest BCUT2D eigenvalue weighted by Gasteiger charge is -2.20. The molecule has 0 radical (unpaired) electrons. The van der Waals surface area contributed by atoms with Gasteiger partial charge in [0, 0.05) is 20.3 Å². The number of esters is 3. The van der Waals surface area contributed by atoms with Crippen molar-refractivity contribution < 1.29 is 33.4 Å². The molecule has 0 saturated carbocycles. The summed E-state index contributed by atoms with van der Waals surface area (Å²) in [5.74, 6) is -2.25. The molecule has 0 heterocycles. The first-order valence-electron chi connectivity index (χ1n) is 10.5. The summed E-state index contributed by atoms with van der Waals surface area (Å²) < 4.78 is 15.3. The first-order chi connectivity index (χ1) is 15.7. The molecule has 3 N–H and O–H groups in total. The lowest BCUT2D eigenvalue weighted by molar-refractivity contribution is -0.147. The van der Waals surface area contributed by atoms with Gasteiger partial charge in [-0.05, 0) is 36.6 Å². The van der Waals surface area contributed by atoms with Crippen LogP contribution in [0, 0.1) is 0 Å². The maximum Gasteiger partial charge on any atom is 0.328 e. The summed E-state index contributed by atoms with van der Waals surface area (Å²) in [7, 11) is 0. The quantitative estimate of drug-likeness (QED) is 0.408. The maximum absolute atomic E-state index is 12.7. The van der Waals surface area contributed by atoms with Gasteiger partial charge in [-0.3, -0.25) is 14.4 Å². The van der Waals surface area contributed by atoms with E-state index in [1.807, 2.05) is 30.3 Å². The molecule has 2 aromatic rings. The molecule has 0 saturated heterocycles. The SMILES string of the molecule is CCOC(=O)[C@H](Cc1ccc(OC(C)=O)c(OC(C)=O)c1)NC(=O)[C@@H](N)Cc1ccccc1. The van der Waals surface area contributed by atoms with E-state index in [1.165, 1.54) is 26.0 Å². The molecule has 9 heteroatoms. The third-order valence-corrected chi connectivity index (χ3v) is 4.48. The average molecular weight is 456 g/mol. The van der Waals surface area contributed by atoms with Crippen LogP contribution in [0.25, 0.3) is 0 Å². The first kappa shape index (κ1) is 25.5. The first-order valence-corrected chi connectivity index (χ1v) is 10.5. The van der Waals surface area contributed by atoms with Crippen molar-refractivity contribution in [2.45, 2.75) is 45.7 Å². The second kappa shape index (κ2) is 12.4. The Hall–Kier alpha value is -3.72. The van der Waals surface area contributed by atoms with E-state index in [-0.39, 0.29) is 24.5 Å². The molecular weight excluding hydrogens is 428 g/mol. The zero-order chi connectivity index (χ0) is 24.4. The Morgan fingerprint density at radius 1 is 0.879 bits per heavy atom. The van der Waals surface area contributed by atoms with E-state index < -0.39 is 35.9 Å². The molecule has 2 rings (SSSR count). The van der Waals surface area contributed by atoms with Crippen molar-refractivity contribution in [3.05, 3.63) is 59.7 Å². The van der Waals surface area contributed by atoms with Crippen molar-refractivity contribution in [1.29, 1.82) is 0 Å². The van der Waals surface area contributed by atoms with Gasteiger partial charge in [-0.1, -0.05) is 36.4 Å². The predicted molar refractivity (Wildman–Crippen MR) is 119 cm³/mol. The van der Waals surface area contributed by atoms with E-state index in [0.29, 0.717) is 12.0 Å². The highest BCUT2D eigenvalue weighted by Gasteiger charge is 2.26. The summed E-state index contributed by atoms with van der Waals surface area (Å²) in [5, 5.41) is 2.65. The Morgan fingerprint density at radius 2 is 1.52 bits per heavy atom. The van der Waals surface area contributed by atoms with Crippen LogP contribution in [0.15, 0.2) is 48.5 Å². The molecule has 0 aliphatic carbocycles. The molecule has 0 aromatic heterocycles. The van der Waals surface area contributed by atoms with Crippen molar-refractivity contribution >= 4 is 23.8 Å². The highest BCUT2D eigenvalue weighted by Crippen LogP contribution is 2.29. The summed E-state index contributed by atoms with van der Waals surface area (Å²) in [6.45, 7) is 4.21. The topological polar surface area (TPSA) is 134 Å². The number of carbonyl (C=O) groups is 4. The van der Waals surface area contributed by atoms with Gasteiger partial charge in [0.1, 0.15) is 6.04 Å². The van der Waals surface area contributed by atoms with Gasteiger partial charge in [0.05, 0.1) is 12.6 Å². The molecule has 0 aliphatic heterocycles. The van der Waals surface area contributed by atoms with Crippen LogP contribution >= 0.6 is 0 Å². The van der Waals surface area contributed by atoms with E-state index in [4.69, 9.17) is 19.9 Å². The van der Waals surface area contributed by atoms with E-state index in [9.17, 15) is 19.2 Å². The van der Waals surface area contributed by atoms with Gasteiger partial charge in [0.15, 0.2) is 11.5 Å². The Morgan fingerprint density at radius 3 is 2.12 bits per heavy atom. The van der Waals surface area contributed by atoms with Crippen LogP contribution in [0.5, 0.6) is 11.5 Å². The van der Waals surface area contributed by atoms with Crippen molar-refractivity contribution in [1.82, 2.24) is 5.32 Å². The Bertz CT molecular complexity index is 992. The minimum Gasteiger partial charge on any atom is -0.464 e. The Balaban J connectivity index is 2.20. The van der Waals surface area contributed by atoms with E-state index >= 15 is 0 Å². The molecular formula is C24H28N2O7. The molecule has 0 aliphatic rings. The van der Waals surface area contributed by atoms with Gasteiger partial charge >= 0.3 is 17.9 Å². The maximum atomic E-state index is 12.7. The minimum atomic E-state index is -1.02. The fourth-order valence-corrected chi connectivity index (χ4v) is 3.06. The third kappa shape index (κ3) is 8.38. The molecule has 33 heavy (non-hydrogen) atoms. The second-order valence-corrected chi connectivity index (χ2v) is 7.28. The zero-order valence-corrected chi connectivity index (χ0v) is 18.8. The second-order valence-electron chi connectivity index (χ2n) is 7.28. The number of rotatable bonds is 10. The number of nitrogens with two attached hydrogens (primary N) is 1. The van der Waals surface area contributed by atoms with Gasteiger partial charge in [-0.25, -0.2) is 4.79 Å². The summed E-state index contributed by atoms with van der Waals surface area (Å²) in [6, 6.07) is 11.9. The van der Waals surface area contributed by atoms with E-state index in [0.717, 1.165) is 5.56 Å². The number of hydrogen-bond donors (Lipinski definition) is 2. The summed E-state index contributed by atoms with van der Waals surface area (Å²) in [5.41, 5.74) is 7.47. The van der Waals surface area contributed by atoms with Crippen LogP contribution in [0.1, 0.15) is 31.9 Å². The molecule has 0 unspecified atom stereocenters. The normalized spacial score (nSPS) is 12.2. The summed E-state index contributed by atoms with van der Waals surface area (Å²) >= 11 is 0. The van der Waals surface area contributed by atoms with E-state index in [1.54, 1.807) is 13.0 Å². The monoisotopic (exact) mass is 456 g/mol. The summed E-state index contributed by atoms with van der Waals surface area (Å²) in [6.07, 6.45) is 0.340. The highest BCUT2D eigenvalue weighted by molar-refractivity contribution is 5.87. The lowest BCUT2D eigenvalue weighted by atomic mass is 10.0. The van der Waals surface area contributed by atoms with Crippen molar-refractivity contribution in [2.75, 3.05) is 6.61 Å². The Labute approximate surface area is 192 Å². The van der Waals surface area contributed by atoms with Crippen molar-refractivity contribution in [3.8, 4) is 11.5 Å². The fraction of sp³-hybridized carbons (Fsp3) is 0.333. The van der Waals surface area contributed by atoms with Gasteiger partial charge in [-0.15, -0.1) is 0 Å². The number of benzene rings is 2. The predicted octanol–water partition coefficient (Wildman–Crippen LogP) is 1.70. The lowest BCUT2D eigenvalue weighted by Crippen LogP contribution is -2.50. The standard InChI is InChI=1S/C24H28N2O7/c1-4-31-24(30)20(26-23(29)19(25)12-17-8-6-5-7-9-17)13-18-10-11-21(32-15(2)27)22(14-18)33-16(3)28/h5-11,14,19-20H,4,12-13,25H2,1-3H3,(H,26,29)/t19-,20-/m0/s1. The summed E-state index contributed by atoms with van der Waals surface area (Å²) in [4.78, 5) is 47.9. The van der Waals surface area contributed by atoms with Gasteiger partial charge < -0.3 is 25.3 Å². The molecule has 2 aromatic carbocycles. The number of nitrogens with one attached hydrogen (secondary N) is 1. The fourth-order valence-electron chi connectivity index (χ4n) is 3.06. The van der Waals surface area contributed by atoms with Crippen LogP contribution in [0.3, 0.4) is 0 Å². The minimum absolute atomic E-state index is 0.0184. The Kier molecular flexibility index (Phi) is 9.56. The molecule has 176 valence electrons. The largest absolute Gasteiger partial charge is 0.464 e. The number of carbonyl (C=O) groups excluding carboxylic acids is 4. The molecule has 0 fully saturated rings. The van der Waals surface area contributed by atoms with Crippen molar-refractivity contribution in [3.63, 3.8) is 0 Å². The zero-order valence-electron chi connectivity index (χ0n) is 18.8. The third-order valence-electron chi connectivity index (χ3n) is 4.48.